The Bertz CT molecular complexity index is 372. The van der Waals surface area contributed by atoms with Crippen LogP contribution in [0.2, 0.25) is 0 Å². The van der Waals surface area contributed by atoms with Crippen LogP contribution in [0.5, 0.6) is 0 Å². The lowest BCUT2D eigenvalue weighted by molar-refractivity contribution is -0.127. The van der Waals surface area contributed by atoms with E-state index in [-0.39, 0.29) is 11.9 Å². The molecule has 3 nitrogen and oxygen atoms in total. The van der Waals surface area contributed by atoms with E-state index in [0.29, 0.717) is 18.2 Å². The van der Waals surface area contributed by atoms with E-state index in [0.717, 1.165) is 11.4 Å². The van der Waals surface area contributed by atoms with Crippen LogP contribution >= 0.6 is 11.8 Å². The normalized spacial score (nSPS) is 24.0. The van der Waals surface area contributed by atoms with Crippen LogP contribution in [-0.4, -0.2) is 35.7 Å². The lowest BCUT2D eigenvalue weighted by atomic mass is 10.1. The Morgan fingerprint density at radius 3 is 2.71 bits per heavy atom. The number of rotatable bonds is 3. The van der Waals surface area contributed by atoms with Crippen LogP contribution in [0, 0.1) is 5.92 Å². The fraction of sp³-hybridized carbons (Fsp3) is 0.462. The lowest BCUT2D eigenvalue weighted by Gasteiger charge is -2.15. The number of hydrogen-bond donors (Lipinski definition) is 1. The molecule has 1 aliphatic rings. The van der Waals surface area contributed by atoms with Crippen LogP contribution in [0.1, 0.15) is 6.92 Å². The molecule has 1 saturated heterocycles. The van der Waals surface area contributed by atoms with E-state index in [1.54, 1.807) is 11.8 Å². The maximum absolute atomic E-state index is 12.0. The Balaban J connectivity index is 1.82. The standard InChI is InChI=1S/C13H18N2OS/c1-10-7-15(8-12(10)14)13(16)9-17-11-5-3-2-4-6-11/h2-6,10,12H,7-9,14H2,1H3. The van der Waals surface area contributed by atoms with Crippen LogP contribution in [0.3, 0.4) is 0 Å². The highest BCUT2D eigenvalue weighted by molar-refractivity contribution is 8.00. The van der Waals surface area contributed by atoms with Gasteiger partial charge in [-0.25, -0.2) is 0 Å². The summed E-state index contributed by atoms with van der Waals surface area (Å²) in [7, 11) is 0. The number of hydrogen-bond acceptors (Lipinski definition) is 3. The SMILES string of the molecule is CC1CN(C(=O)CSc2ccccc2)CC1N. The first-order valence-corrected chi connectivity index (χ1v) is 6.86. The molecule has 1 aromatic carbocycles. The number of nitrogens with zero attached hydrogens (tertiary/aromatic N) is 1. The van der Waals surface area contributed by atoms with Crippen LogP contribution in [0.15, 0.2) is 35.2 Å². The van der Waals surface area contributed by atoms with Crippen molar-refractivity contribution in [3.63, 3.8) is 0 Å². The van der Waals surface area contributed by atoms with Crippen molar-refractivity contribution in [1.29, 1.82) is 0 Å². The third-order valence-electron chi connectivity index (χ3n) is 3.13. The summed E-state index contributed by atoms with van der Waals surface area (Å²) in [6.45, 7) is 3.60. The number of likely N-dealkylation sites (tertiary alicyclic amines) is 1. The largest absolute Gasteiger partial charge is 0.340 e. The van der Waals surface area contributed by atoms with Gasteiger partial charge >= 0.3 is 0 Å². The number of thioether (sulfide) groups is 1. The van der Waals surface area contributed by atoms with E-state index >= 15 is 0 Å². The third kappa shape index (κ3) is 3.23. The minimum Gasteiger partial charge on any atom is -0.340 e. The minimum absolute atomic E-state index is 0.140. The van der Waals surface area contributed by atoms with E-state index in [1.807, 2.05) is 35.2 Å². The Kier molecular flexibility index (Phi) is 4.07. The van der Waals surface area contributed by atoms with E-state index < -0.39 is 0 Å². The maximum atomic E-state index is 12.0. The molecule has 2 atom stereocenters. The van der Waals surface area contributed by atoms with E-state index in [2.05, 4.69) is 6.92 Å². The van der Waals surface area contributed by atoms with Crippen molar-refractivity contribution in [2.24, 2.45) is 11.7 Å². The van der Waals surface area contributed by atoms with Crippen LogP contribution < -0.4 is 5.73 Å². The molecule has 0 spiro atoms. The van der Waals surface area contributed by atoms with Crippen molar-refractivity contribution in [2.75, 3.05) is 18.8 Å². The zero-order chi connectivity index (χ0) is 12.3. The molecule has 0 aromatic heterocycles. The fourth-order valence-corrected chi connectivity index (χ4v) is 2.77. The Morgan fingerprint density at radius 2 is 2.12 bits per heavy atom. The summed E-state index contributed by atoms with van der Waals surface area (Å²) in [6.07, 6.45) is 0. The molecule has 0 bridgehead atoms. The molecular weight excluding hydrogens is 232 g/mol. The molecule has 0 saturated carbocycles. The molecule has 1 heterocycles. The summed E-state index contributed by atoms with van der Waals surface area (Å²) in [6, 6.07) is 10.1. The van der Waals surface area contributed by atoms with E-state index in [9.17, 15) is 4.79 Å². The number of carbonyl (C=O) groups excluding carboxylic acids is 1. The van der Waals surface area contributed by atoms with Gasteiger partial charge in [-0.05, 0) is 18.1 Å². The number of amides is 1. The van der Waals surface area contributed by atoms with Gasteiger partial charge in [-0.2, -0.15) is 0 Å². The molecule has 1 aliphatic heterocycles. The van der Waals surface area contributed by atoms with E-state index in [4.69, 9.17) is 5.73 Å². The average molecular weight is 250 g/mol. The average Bonchev–Trinajstić information content (AvgIpc) is 2.68. The first-order chi connectivity index (χ1) is 8.16. The lowest BCUT2D eigenvalue weighted by Crippen LogP contribution is -2.33. The molecule has 2 N–H and O–H groups in total. The molecule has 0 radical (unpaired) electrons. The van der Waals surface area contributed by atoms with Gasteiger partial charge < -0.3 is 10.6 Å². The monoisotopic (exact) mass is 250 g/mol. The summed E-state index contributed by atoms with van der Waals surface area (Å²) >= 11 is 1.59. The summed E-state index contributed by atoms with van der Waals surface area (Å²) in [5.74, 6) is 1.11. The molecule has 92 valence electrons. The van der Waals surface area contributed by atoms with Gasteiger partial charge in [-0.1, -0.05) is 25.1 Å². The van der Waals surface area contributed by atoms with Crippen molar-refractivity contribution in [2.45, 2.75) is 17.9 Å². The number of carbonyl (C=O) groups is 1. The first kappa shape index (κ1) is 12.5. The number of nitrogens with two attached hydrogens (primary N) is 1. The predicted octanol–water partition coefficient (Wildman–Crippen LogP) is 1.58. The first-order valence-electron chi connectivity index (χ1n) is 5.88. The molecule has 2 rings (SSSR count). The third-order valence-corrected chi connectivity index (χ3v) is 4.13. The van der Waals surface area contributed by atoms with Gasteiger partial charge in [0.1, 0.15) is 0 Å². The van der Waals surface area contributed by atoms with Crippen LogP contribution in [-0.2, 0) is 4.79 Å². The van der Waals surface area contributed by atoms with E-state index in [1.165, 1.54) is 0 Å². The van der Waals surface area contributed by atoms with Crippen molar-refractivity contribution in [3.8, 4) is 0 Å². The second-order valence-corrected chi connectivity index (χ2v) is 5.59. The van der Waals surface area contributed by atoms with Crippen molar-refractivity contribution in [1.82, 2.24) is 4.90 Å². The Morgan fingerprint density at radius 1 is 1.41 bits per heavy atom. The number of benzene rings is 1. The molecule has 0 aliphatic carbocycles. The predicted molar refractivity (Wildman–Crippen MR) is 70.9 cm³/mol. The highest BCUT2D eigenvalue weighted by Crippen LogP contribution is 2.20. The van der Waals surface area contributed by atoms with Gasteiger partial charge in [0.15, 0.2) is 0 Å². The zero-order valence-corrected chi connectivity index (χ0v) is 10.8. The second kappa shape index (κ2) is 5.56. The van der Waals surface area contributed by atoms with Gasteiger partial charge in [0.2, 0.25) is 5.91 Å². The summed E-state index contributed by atoms with van der Waals surface area (Å²) in [5, 5.41) is 0. The topological polar surface area (TPSA) is 46.3 Å². The summed E-state index contributed by atoms with van der Waals surface area (Å²) in [5.41, 5.74) is 5.91. The summed E-state index contributed by atoms with van der Waals surface area (Å²) < 4.78 is 0. The molecule has 1 amide bonds. The molecule has 17 heavy (non-hydrogen) atoms. The molecule has 4 heteroatoms. The van der Waals surface area contributed by atoms with Gasteiger partial charge in [0.25, 0.3) is 0 Å². The fourth-order valence-electron chi connectivity index (χ4n) is 1.95. The zero-order valence-electron chi connectivity index (χ0n) is 10.0. The van der Waals surface area contributed by atoms with Crippen molar-refractivity contribution in [3.05, 3.63) is 30.3 Å². The van der Waals surface area contributed by atoms with Gasteiger partial charge in [0.05, 0.1) is 5.75 Å². The van der Waals surface area contributed by atoms with Crippen LogP contribution in [0.25, 0.3) is 0 Å². The van der Waals surface area contributed by atoms with Crippen molar-refractivity contribution >= 4 is 17.7 Å². The Hall–Kier alpha value is -1.00. The summed E-state index contributed by atoms with van der Waals surface area (Å²) in [4.78, 5) is 15.0. The second-order valence-electron chi connectivity index (χ2n) is 4.54. The highest BCUT2D eigenvalue weighted by atomic mass is 32.2. The maximum Gasteiger partial charge on any atom is 0.232 e. The molecule has 1 aromatic rings. The molecule has 2 unspecified atom stereocenters. The van der Waals surface area contributed by atoms with Gasteiger partial charge in [0, 0.05) is 24.0 Å². The molecular formula is C13H18N2OS. The highest BCUT2D eigenvalue weighted by Gasteiger charge is 2.29. The van der Waals surface area contributed by atoms with Crippen LogP contribution in [0.4, 0.5) is 0 Å². The smallest absolute Gasteiger partial charge is 0.232 e. The minimum atomic E-state index is 0.140. The molecule has 1 fully saturated rings. The van der Waals surface area contributed by atoms with Gasteiger partial charge in [-0.3, -0.25) is 4.79 Å². The van der Waals surface area contributed by atoms with Crippen molar-refractivity contribution < 1.29 is 4.79 Å². The Labute approximate surface area is 106 Å². The quantitative estimate of drug-likeness (QED) is 0.829. The van der Waals surface area contributed by atoms with Gasteiger partial charge in [-0.15, -0.1) is 11.8 Å².